The van der Waals surface area contributed by atoms with Crippen molar-refractivity contribution in [3.8, 4) is 16.3 Å². The van der Waals surface area contributed by atoms with Crippen molar-refractivity contribution in [3.63, 3.8) is 0 Å². The van der Waals surface area contributed by atoms with Gasteiger partial charge in [0.25, 0.3) is 5.91 Å². The molecule has 0 radical (unpaired) electrons. The molecule has 2 amide bonds. The van der Waals surface area contributed by atoms with Crippen molar-refractivity contribution in [1.29, 1.82) is 0 Å². The van der Waals surface area contributed by atoms with Crippen molar-refractivity contribution in [2.45, 2.75) is 26.3 Å². The van der Waals surface area contributed by atoms with Crippen LogP contribution in [0.4, 0.5) is 5.13 Å². The summed E-state index contributed by atoms with van der Waals surface area (Å²) >= 11 is 4.62. The third kappa shape index (κ3) is 5.89. The summed E-state index contributed by atoms with van der Waals surface area (Å²) in [5.41, 5.74) is 1.32. The Morgan fingerprint density at radius 1 is 1.16 bits per heavy atom. The molecule has 0 bridgehead atoms. The molecule has 2 aromatic carbocycles. The molecule has 0 aliphatic carbocycles. The molecule has 0 aliphatic heterocycles. The minimum atomic E-state index is -0.708. The number of amides is 2. The third-order valence-corrected chi connectivity index (χ3v) is 6.22. The lowest BCUT2D eigenvalue weighted by Crippen LogP contribution is -2.47. The van der Waals surface area contributed by atoms with Crippen molar-refractivity contribution >= 4 is 44.2 Å². The normalized spacial score (nSPS) is 12.6. The van der Waals surface area contributed by atoms with Gasteiger partial charge in [0.2, 0.25) is 11.0 Å². The fourth-order valence-corrected chi connectivity index (χ4v) is 4.03. The van der Waals surface area contributed by atoms with Gasteiger partial charge in [-0.3, -0.25) is 14.9 Å². The number of benzene rings is 2. The highest BCUT2D eigenvalue weighted by Crippen LogP contribution is 2.29. The van der Waals surface area contributed by atoms with E-state index in [-0.39, 0.29) is 17.7 Å². The number of methoxy groups -OCH3 is 1. The average Bonchev–Trinajstić information content (AvgIpc) is 3.25. The smallest absolute Gasteiger partial charge is 0.251 e. The molecule has 1 aromatic heterocycles. The van der Waals surface area contributed by atoms with E-state index in [1.165, 1.54) is 11.3 Å². The van der Waals surface area contributed by atoms with Crippen molar-refractivity contribution in [2.24, 2.45) is 5.92 Å². The van der Waals surface area contributed by atoms with Crippen LogP contribution in [-0.2, 0) is 4.79 Å². The second kappa shape index (κ2) is 10.5. The number of nitrogens with one attached hydrogen (secondary N) is 2. The van der Waals surface area contributed by atoms with Crippen LogP contribution in [0, 0.1) is 5.92 Å². The van der Waals surface area contributed by atoms with E-state index in [9.17, 15) is 9.59 Å². The molecule has 0 spiro atoms. The van der Waals surface area contributed by atoms with Crippen molar-refractivity contribution < 1.29 is 14.3 Å². The molecular weight excluding hydrogens is 480 g/mol. The maximum absolute atomic E-state index is 13.0. The lowest BCUT2D eigenvalue weighted by molar-refractivity contribution is -0.119. The van der Waals surface area contributed by atoms with Crippen LogP contribution in [0.15, 0.2) is 53.0 Å². The summed E-state index contributed by atoms with van der Waals surface area (Å²) in [5.74, 6) is 0.00869. The molecular formula is C22H23BrN4O3S. The number of anilines is 1. The van der Waals surface area contributed by atoms with Gasteiger partial charge in [-0.2, -0.15) is 0 Å². The van der Waals surface area contributed by atoms with Crippen LogP contribution < -0.4 is 15.4 Å². The van der Waals surface area contributed by atoms with Crippen LogP contribution >= 0.6 is 27.3 Å². The van der Waals surface area contributed by atoms with Gasteiger partial charge in [0.1, 0.15) is 16.8 Å². The molecule has 0 aliphatic rings. The predicted octanol–water partition coefficient (Wildman–Crippen LogP) is 4.76. The van der Waals surface area contributed by atoms with Gasteiger partial charge in [0.15, 0.2) is 0 Å². The van der Waals surface area contributed by atoms with E-state index in [1.807, 2.05) is 44.2 Å². The summed E-state index contributed by atoms with van der Waals surface area (Å²) in [5, 5.41) is 14.9. The quantitative estimate of drug-likeness (QED) is 0.463. The zero-order valence-corrected chi connectivity index (χ0v) is 19.8. The zero-order chi connectivity index (χ0) is 22.4. The van der Waals surface area contributed by atoms with Gasteiger partial charge in [-0.1, -0.05) is 65.7 Å². The molecule has 2 atom stereocenters. The number of nitrogens with zero attached hydrogens (tertiary/aromatic N) is 2. The maximum atomic E-state index is 13.0. The van der Waals surface area contributed by atoms with Crippen LogP contribution in [-0.4, -0.2) is 35.2 Å². The molecule has 3 aromatic rings. The molecule has 2 unspecified atom stereocenters. The Kier molecular flexibility index (Phi) is 7.75. The van der Waals surface area contributed by atoms with Crippen LogP contribution in [0.1, 0.15) is 30.6 Å². The fraction of sp³-hybridized carbons (Fsp3) is 0.273. The highest BCUT2D eigenvalue weighted by Gasteiger charge is 2.27. The average molecular weight is 503 g/mol. The van der Waals surface area contributed by atoms with Gasteiger partial charge >= 0.3 is 0 Å². The van der Waals surface area contributed by atoms with Crippen molar-refractivity contribution in [2.75, 3.05) is 12.4 Å². The van der Waals surface area contributed by atoms with E-state index in [0.717, 1.165) is 16.5 Å². The maximum Gasteiger partial charge on any atom is 0.251 e. The predicted molar refractivity (Wildman–Crippen MR) is 125 cm³/mol. The Morgan fingerprint density at radius 2 is 1.94 bits per heavy atom. The van der Waals surface area contributed by atoms with Crippen LogP contribution in [0.5, 0.6) is 5.75 Å². The number of aromatic nitrogens is 2. The standard InChI is InChI=1S/C22H23BrN4O3S/c1-4-13(2)18(24-19(28)14-7-5-9-16(23)11-14)20(29)25-22-27-26-21(31-22)15-8-6-10-17(12-15)30-3/h5-13,18H,4H2,1-3H3,(H,24,28)(H,25,27,29). The first-order chi connectivity index (χ1) is 14.9. The van der Waals surface area contributed by atoms with Gasteiger partial charge < -0.3 is 10.1 Å². The van der Waals surface area contributed by atoms with E-state index in [0.29, 0.717) is 21.5 Å². The molecule has 2 N–H and O–H groups in total. The van der Waals surface area contributed by atoms with Gasteiger partial charge in [-0.15, -0.1) is 10.2 Å². The zero-order valence-electron chi connectivity index (χ0n) is 17.4. The molecule has 0 saturated carbocycles. The third-order valence-electron chi connectivity index (χ3n) is 4.84. The van der Waals surface area contributed by atoms with Crippen molar-refractivity contribution in [1.82, 2.24) is 15.5 Å². The van der Waals surface area contributed by atoms with E-state index in [2.05, 4.69) is 36.8 Å². The first kappa shape index (κ1) is 22.9. The number of carbonyl (C=O) groups is 2. The van der Waals surface area contributed by atoms with E-state index in [4.69, 9.17) is 4.74 Å². The van der Waals surface area contributed by atoms with Crippen LogP contribution in [0.2, 0.25) is 0 Å². The Hall–Kier alpha value is -2.78. The molecule has 162 valence electrons. The highest BCUT2D eigenvalue weighted by molar-refractivity contribution is 9.10. The Labute approximate surface area is 193 Å². The lowest BCUT2D eigenvalue weighted by atomic mass is 9.98. The first-order valence-corrected chi connectivity index (χ1v) is 11.4. The number of carbonyl (C=O) groups excluding carboxylic acids is 2. The van der Waals surface area contributed by atoms with Gasteiger partial charge in [0, 0.05) is 15.6 Å². The van der Waals surface area contributed by atoms with Gasteiger partial charge in [-0.05, 0) is 36.2 Å². The SMILES string of the molecule is CCC(C)C(NC(=O)c1cccc(Br)c1)C(=O)Nc1nnc(-c2cccc(OC)c2)s1. The molecule has 0 fully saturated rings. The largest absolute Gasteiger partial charge is 0.497 e. The Balaban J connectivity index is 1.74. The second-order valence-electron chi connectivity index (χ2n) is 6.98. The van der Waals surface area contributed by atoms with E-state index >= 15 is 0 Å². The Morgan fingerprint density at radius 3 is 2.65 bits per heavy atom. The van der Waals surface area contributed by atoms with Crippen molar-refractivity contribution in [3.05, 3.63) is 58.6 Å². The second-order valence-corrected chi connectivity index (χ2v) is 8.87. The summed E-state index contributed by atoms with van der Waals surface area (Å²) < 4.78 is 6.04. The lowest BCUT2D eigenvalue weighted by Gasteiger charge is -2.23. The summed E-state index contributed by atoms with van der Waals surface area (Å²) in [6.45, 7) is 3.90. The van der Waals surface area contributed by atoms with Crippen LogP contribution in [0.25, 0.3) is 10.6 Å². The summed E-state index contributed by atoms with van der Waals surface area (Å²) in [6.07, 6.45) is 0.724. The molecule has 31 heavy (non-hydrogen) atoms. The molecule has 9 heteroatoms. The fourth-order valence-electron chi connectivity index (χ4n) is 2.89. The summed E-state index contributed by atoms with van der Waals surface area (Å²) in [4.78, 5) is 25.7. The number of halogens is 1. The first-order valence-electron chi connectivity index (χ1n) is 9.76. The monoisotopic (exact) mass is 502 g/mol. The molecule has 7 nitrogen and oxygen atoms in total. The number of ether oxygens (including phenoxy) is 1. The summed E-state index contributed by atoms with van der Waals surface area (Å²) in [6, 6.07) is 13.8. The minimum Gasteiger partial charge on any atom is -0.497 e. The molecule has 0 saturated heterocycles. The minimum absolute atomic E-state index is 0.0677. The molecule has 3 rings (SSSR count). The Bertz CT molecular complexity index is 1070. The number of hydrogen-bond donors (Lipinski definition) is 2. The van der Waals surface area contributed by atoms with Crippen LogP contribution in [0.3, 0.4) is 0 Å². The van der Waals surface area contributed by atoms with Gasteiger partial charge in [-0.25, -0.2) is 0 Å². The highest BCUT2D eigenvalue weighted by atomic mass is 79.9. The van der Waals surface area contributed by atoms with E-state index in [1.54, 1.807) is 25.3 Å². The summed E-state index contributed by atoms with van der Waals surface area (Å²) in [7, 11) is 1.60. The van der Waals surface area contributed by atoms with E-state index < -0.39 is 6.04 Å². The molecule has 1 heterocycles. The number of rotatable bonds is 8. The number of hydrogen-bond acceptors (Lipinski definition) is 6. The topological polar surface area (TPSA) is 93.2 Å². The van der Waals surface area contributed by atoms with Gasteiger partial charge in [0.05, 0.1) is 7.11 Å².